The SMILES string of the molecule is CC1(C)CCCN(c2cccc(Br)c2C(=O)O)C1. The molecule has 1 aliphatic heterocycles. The van der Waals surface area contributed by atoms with Crippen LogP contribution in [0.4, 0.5) is 5.69 Å². The quantitative estimate of drug-likeness (QED) is 0.903. The van der Waals surface area contributed by atoms with Crippen LogP contribution in [0.1, 0.15) is 37.0 Å². The summed E-state index contributed by atoms with van der Waals surface area (Å²) in [6.45, 7) is 6.30. The van der Waals surface area contributed by atoms with Crippen molar-refractivity contribution >= 4 is 27.6 Å². The molecule has 0 radical (unpaired) electrons. The van der Waals surface area contributed by atoms with Crippen molar-refractivity contribution in [1.82, 2.24) is 0 Å². The molecule has 98 valence electrons. The van der Waals surface area contributed by atoms with Crippen molar-refractivity contribution in [2.75, 3.05) is 18.0 Å². The molecule has 1 N–H and O–H groups in total. The first-order chi connectivity index (χ1) is 8.41. The first-order valence-corrected chi connectivity index (χ1v) is 6.97. The van der Waals surface area contributed by atoms with Gasteiger partial charge in [0.25, 0.3) is 0 Å². The zero-order valence-corrected chi connectivity index (χ0v) is 12.3. The van der Waals surface area contributed by atoms with E-state index in [1.165, 1.54) is 6.42 Å². The Morgan fingerprint density at radius 3 is 2.78 bits per heavy atom. The fourth-order valence-electron chi connectivity index (χ4n) is 2.62. The highest BCUT2D eigenvalue weighted by atomic mass is 79.9. The average Bonchev–Trinajstić information content (AvgIpc) is 2.26. The summed E-state index contributed by atoms with van der Waals surface area (Å²) < 4.78 is 0.649. The molecular weight excluding hydrogens is 294 g/mol. The lowest BCUT2D eigenvalue weighted by Crippen LogP contribution is -2.40. The van der Waals surface area contributed by atoms with E-state index in [4.69, 9.17) is 0 Å². The number of piperidine rings is 1. The molecule has 0 saturated carbocycles. The lowest BCUT2D eigenvalue weighted by atomic mass is 9.84. The Morgan fingerprint density at radius 1 is 1.44 bits per heavy atom. The van der Waals surface area contributed by atoms with E-state index in [-0.39, 0.29) is 5.41 Å². The summed E-state index contributed by atoms with van der Waals surface area (Å²) in [7, 11) is 0. The first kappa shape index (κ1) is 13.4. The Morgan fingerprint density at radius 2 is 2.17 bits per heavy atom. The van der Waals surface area contributed by atoms with Crippen LogP contribution in [0.5, 0.6) is 0 Å². The number of rotatable bonds is 2. The molecule has 0 aromatic heterocycles. The van der Waals surface area contributed by atoms with E-state index in [1.54, 1.807) is 6.07 Å². The molecule has 4 heteroatoms. The molecule has 0 atom stereocenters. The van der Waals surface area contributed by atoms with Crippen LogP contribution in [0.2, 0.25) is 0 Å². The fraction of sp³-hybridized carbons (Fsp3) is 0.500. The smallest absolute Gasteiger partial charge is 0.338 e. The molecule has 3 nitrogen and oxygen atoms in total. The monoisotopic (exact) mass is 311 g/mol. The second-order valence-corrected chi connectivity index (χ2v) is 6.48. The van der Waals surface area contributed by atoms with Gasteiger partial charge in [0, 0.05) is 17.6 Å². The van der Waals surface area contributed by atoms with Gasteiger partial charge in [0.2, 0.25) is 0 Å². The molecular formula is C14H18BrNO2. The number of hydrogen-bond acceptors (Lipinski definition) is 2. The summed E-state index contributed by atoms with van der Waals surface area (Å²) in [6, 6.07) is 5.57. The van der Waals surface area contributed by atoms with E-state index in [0.717, 1.165) is 25.2 Å². The van der Waals surface area contributed by atoms with Crippen LogP contribution in [-0.2, 0) is 0 Å². The van der Waals surface area contributed by atoms with Gasteiger partial charge < -0.3 is 10.0 Å². The number of nitrogens with zero attached hydrogens (tertiary/aromatic N) is 1. The molecule has 0 bridgehead atoms. The van der Waals surface area contributed by atoms with E-state index >= 15 is 0 Å². The van der Waals surface area contributed by atoms with E-state index in [9.17, 15) is 9.90 Å². The topological polar surface area (TPSA) is 40.5 Å². The highest BCUT2D eigenvalue weighted by molar-refractivity contribution is 9.10. The summed E-state index contributed by atoms with van der Waals surface area (Å²) >= 11 is 3.34. The summed E-state index contributed by atoms with van der Waals surface area (Å²) in [6.07, 6.45) is 2.30. The van der Waals surface area contributed by atoms with Crippen molar-refractivity contribution in [2.24, 2.45) is 5.41 Å². The molecule has 0 spiro atoms. The predicted octanol–water partition coefficient (Wildman–Crippen LogP) is 3.77. The summed E-state index contributed by atoms with van der Waals surface area (Å²) in [4.78, 5) is 13.6. The van der Waals surface area contributed by atoms with Gasteiger partial charge in [0.1, 0.15) is 0 Å². The van der Waals surface area contributed by atoms with Crippen LogP contribution in [0.3, 0.4) is 0 Å². The highest BCUT2D eigenvalue weighted by Crippen LogP contribution is 2.35. The van der Waals surface area contributed by atoms with Gasteiger partial charge in [-0.15, -0.1) is 0 Å². The maximum Gasteiger partial charge on any atom is 0.338 e. The second kappa shape index (κ2) is 4.92. The lowest BCUT2D eigenvalue weighted by molar-refractivity contribution is 0.0696. The number of anilines is 1. The van der Waals surface area contributed by atoms with Crippen molar-refractivity contribution in [2.45, 2.75) is 26.7 Å². The Labute approximate surface area is 116 Å². The molecule has 0 aliphatic carbocycles. The normalized spacial score (nSPS) is 18.7. The Bertz CT molecular complexity index is 471. The molecule has 1 aromatic rings. The zero-order valence-electron chi connectivity index (χ0n) is 10.7. The minimum atomic E-state index is -0.874. The van der Waals surface area contributed by atoms with Crippen LogP contribution in [0, 0.1) is 5.41 Å². The van der Waals surface area contributed by atoms with E-state index in [2.05, 4.69) is 34.7 Å². The van der Waals surface area contributed by atoms with Crippen molar-refractivity contribution in [3.63, 3.8) is 0 Å². The minimum Gasteiger partial charge on any atom is -0.478 e. The van der Waals surface area contributed by atoms with Crippen LogP contribution >= 0.6 is 15.9 Å². The molecule has 1 fully saturated rings. The van der Waals surface area contributed by atoms with Crippen LogP contribution in [0.25, 0.3) is 0 Å². The second-order valence-electron chi connectivity index (χ2n) is 5.63. The molecule has 1 aliphatic rings. The number of carboxylic acids is 1. The Kier molecular flexibility index (Phi) is 3.66. The summed E-state index contributed by atoms with van der Waals surface area (Å²) in [5.41, 5.74) is 1.44. The van der Waals surface area contributed by atoms with Gasteiger partial charge in [-0.2, -0.15) is 0 Å². The lowest BCUT2D eigenvalue weighted by Gasteiger charge is -2.40. The van der Waals surface area contributed by atoms with Gasteiger partial charge in [-0.25, -0.2) is 4.79 Å². The number of carboxylic acid groups (broad SMARTS) is 1. The molecule has 1 saturated heterocycles. The highest BCUT2D eigenvalue weighted by Gasteiger charge is 2.29. The van der Waals surface area contributed by atoms with Crippen molar-refractivity contribution < 1.29 is 9.90 Å². The number of benzene rings is 1. The average molecular weight is 312 g/mol. The van der Waals surface area contributed by atoms with Gasteiger partial charge in [-0.1, -0.05) is 19.9 Å². The van der Waals surface area contributed by atoms with Gasteiger partial charge in [0.05, 0.1) is 11.3 Å². The van der Waals surface area contributed by atoms with Crippen molar-refractivity contribution in [1.29, 1.82) is 0 Å². The van der Waals surface area contributed by atoms with E-state index in [1.807, 2.05) is 12.1 Å². The number of hydrogen-bond donors (Lipinski definition) is 1. The van der Waals surface area contributed by atoms with Crippen LogP contribution in [-0.4, -0.2) is 24.2 Å². The zero-order chi connectivity index (χ0) is 13.3. The van der Waals surface area contributed by atoms with Gasteiger partial charge in [-0.3, -0.25) is 0 Å². The fourth-order valence-corrected chi connectivity index (χ4v) is 3.14. The number of halogens is 1. The molecule has 18 heavy (non-hydrogen) atoms. The standard InChI is InChI=1S/C14H18BrNO2/c1-14(2)7-4-8-16(9-14)11-6-3-5-10(15)12(11)13(17)18/h3,5-6H,4,7-9H2,1-2H3,(H,17,18). The predicted molar refractivity (Wildman–Crippen MR) is 76.3 cm³/mol. The van der Waals surface area contributed by atoms with Crippen molar-refractivity contribution in [3.8, 4) is 0 Å². The summed E-state index contributed by atoms with van der Waals surface area (Å²) in [5.74, 6) is -0.874. The molecule has 2 rings (SSSR count). The largest absolute Gasteiger partial charge is 0.478 e. The third-order valence-electron chi connectivity index (χ3n) is 3.45. The van der Waals surface area contributed by atoms with Crippen molar-refractivity contribution in [3.05, 3.63) is 28.2 Å². The van der Waals surface area contributed by atoms with Gasteiger partial charge in [-0.05, 0) is 46.3 Å². The van der Waals surface area contributed by atoms with Gasteiger partial charge in [0.15, 0.2) is 0 Å². The molecule has 0 amide bonds. The molecule has 1 heterocycles. The van der Waals surface area contributed by atoms with E-state index in [0.29, 0.717) is 10.0 Å². The first-order valence-electron chi connectivity index (χ1n) is 6.17. The maximum atomic E-state index is 11.4. The Hall–Kier alpha value is -1.03. The summed E-state index contributed by atoms with van der Waals surface area (Å²) in [5, 5.41) is 9.35. The molecule has 0 unspecified atom stereocenters. The van der Waals surface area contributed by atoms with E-state index < -0.39 is 5.97 Å². The van der Waals surface area contributed by atoms with Gasteiger partial charge >= 0.3 is 5.97 Å². The third kappa shape index (κ3) is 2.69. The maximum absolute atomic E-state index is 11.4. The number of carbonyl (C=O) groups is 1. The minimum absolute atomic E-state index is 0.246. The Balaban J connectivity index is 2.39. The third-order valence-corrected chi connectivity index (χ3v) is 4.11. The molecule has 1 aromatic carbocycles. The van der Waals surface area contributed by atoms with Crippen LogP contribution in [0.15, 0.2) is 22.7 Å². The van der Waals surface area contributed by atoms with Crippen LogP contribution < -0.4 is 4.90 Å². The number of aromatic carboxylic acids is 1.